The Morgan fingerprint density at radius 1 is 1.14 bits per heavy atom. The molecule has 2 aromatic rings. The van der Waals surface area contributed by atoms with E-state index in [-0.39, 0.29) is 11.9 Å². The van der Waals surface area contributed by atoms with Crippen LogP contribution in [0.4, 0.5) is 0 Å². The highest BCUT2D eigenvalue weighted by atomic mass is 16.5. The fraction of sp³-hybridized carbons (Fsp3) is 0.348. The smallest absolute Gasteiger partial charge is 0.234 e. The molecule has 2 aromatic carbocycles. The molecule has 0 radical (unpaired) electrons. The Morgan fingerprint density at radius 3 is 2.57 bits per heavy atom. The number of hydrogen-bond acceptors (Lipinski definition) is 4. The summed E-state index contributed by atoms with van der Waals surface area (Å²) in [6.45, 7) is 4.01. The highest BCUT2D eigenvalue weighted by Crippen LogP contribution is 2.29. The van der Waals surface area contributed by atoms with Gasteiger partial charge in [0, 0.05) is 18.7 Å². The number of ether oxygens (including phenoxy) is 2. The van der Waals surface area contributed by atoms with Crippen molar-refractivity contribution in [2.45, 2.75) is 19.4 Å². The van der Waals surface area contributed by atoms with Crippen molar-refractivity contribution in [1.82, 2.24) is 10.2 Å². The molecule has 0 spiro atoms. The van der Waals surface area contributed by atoms with Gasteiger partial charge in [-0.05, 0) is 42.7 Å². The zero-order chi connectivity index (χ0) is 19.9. The zero-order valence-electron chi connectivity index (χ0n) is 16.8. The van der Waals surface area contributed by atoms with Crippen molar-refractivity contribution >= 4 is 11.5 Å². The first-order chi connectivity index (χ1) is 13.6. The van der Waals surface area contributed by atoms with Gasteiger partial charge in [0.15, 0.2) is 0 Å². The van der Waals surface area contributed by atoms with Gasteiger partial charge in [0.1, 0.15) is 11.5 Å². The fourth-order valence-corrected chi connectivity index (χ4v) is 3.51. The van der Waals surface area contributed by atoms with Gasteiger partial charge in [0.05, 0.1) is 26.8 Å². The van der Waals surface area contributed by atoms with Crippen LogP contribution in [-0.4, -0.2) is 44.7 Å². The molecule has 28 heavy (non-hydrogen) atoms. The highest BCUT2D eigenvalue weighted by Gasteiger charge is 2.19. The number of hydrogen-bond donors (Lipinski definition) is 1. The van der Waals surface area contributed by atoms with Crippen LogP contribution in [0.25, 0.3) is 5.57 Å². The van der Waals surface area contributed by atoms with E-state index < -0.39 is 0 Å². The predicted octanol–water partition coefficient (Wildman–Crippen LogP) is 3.67. The highest BCUT2D eigenvalue weighted by molar-refractivity contribution is 5.79. The molecule has 0 saturated carbocycles. The second-order valence-corrected chi connectivity index (χ2v) is 6.98. The maximum atomic E-state index is 12.6. The zero-order valence-corrected chi connectivity index (χ0v) is 16.8. The van der Waals surface area contributed by atoms with Crippen LogP contribution >= 0.6 is 0 Å². The topological polar surface area (TPSA) is 50.8 Å². The number of amides is 1. The molecule has 1 aliphatic rings. The van der Waals surface area contributed by atoms with Gasteiger partial charge < -0.3 is 14.8 Å². The molecule has 0 saturated heterocycles. The van der Waals surface area contributed by atoms with Crippen molar-refractivity contribution < 1.29 is 14.3 Å². The molecule has 1 atom stereocenters. The maximum Gasteiger partial charge on any atom is 0.234 e. The molecule has 0 unspecified atom stereocenters. The Hall–Kier alpha value is -2.79. The van der Waals surface area contributed by atoms with Crippen molar-refractivity contribution in [2.24, 2.45) is 0 Å². The largest absolute Gasteiger partial charge is 0.497 e. The Balaban J connectivity index is 1.57. The first-order valence-corrected chi connectivity index (χ1v) is 9.59. The molecule has 1 aliphatic heterocycles. The minimum atomic E-state index is -0.169. The summed E-state index contributed by atoms with van der Waals surface area (Å²) < 4.78 is 10.7. The average Bonchev–Trinajstić information content (AvgIpc) is 2.74. The van der Waals surface area contributed by atoms with Crippen molar-refractivity contribution in [3.63, 3.8) is 0 Å². The van der Waals surface area contributed by atoms with Crippen LogP contribution in [-0.2, 0) is 4.79 Å². The van der Waals surface area contributed by atoms with Gasteiger partial charge in [-0.25, -0.2) is 0 Å². The summed E-state index contributed by atoms with van der Waals surface area (Å²) in [5.74, 6) is 1.49. The van der Waals surface area contributed by atoms with Gasteiger partial charge in [-0.2, -0.15) is 0 Å². The molecule has 148 valence electrons. The maximum absolute atomic E-state index is 12.6. The first-order valence-electron chi connectivity index (χ1n) is 9.59. The number of rotatable bonds is 7. The number of carbonyl (C=O) groups is 1. The molecule has 0 aliphatic carbocycles. The number of carbonyl (C=O) groups excluding carboxylic acids is 1. The molecular formula is C23H28N2O3. The summed E-state index contributed by atoms with van der Waals surface area (Å²) in [6.07, 6.45) is 3.18. The molecule has 1 amide bonds. The van der Waals surface area contributed by atoms with E-state index in [4.69, 9.17) is 9.47 Å². The van der Waals surface area contributed by atoms with Crippen LogP contribution < -0.4 is 14.8 Å². The van der Waals surface area contributed by atoms with Gasteiger partial charge in [-0.3, -0.25) is 9.69 Å². The molecule has 1 heterocycles. The molecule has 1 N–H and O–H groups in total. The summed E-state index contributed by atoms with van der Waals surface area (Å²) in [7, 11) is 3.26. The minimum Gasteiger partial charge on any atom is -0.497 e. The standard InChI is InChI=1S/C23H28N2O3/c1-17(21-15-20(27-2)9-10-22(21)28-3)24-23(26)16-25-13-11-19(12-14-25)18-7-5-4-6-8-18/h4-11,15,17H,12-14,16H2,1-3H3,(H,24,26)/t17-/m0/s1. The third kappa shape index (κ3) is 4.93. The van der Waals surface area contributed by atoms with Crippen molar-refractivity contribution in [1.29, 1.82) is 0 Å². The van der Waals surface area contributed by atoms with E-state index in [9.17, 15) is 4.79 Å². The fourth-order valence-electron chi connectivity index (χ4n) is 3.51. The van der Waals surface area contributed by atoms with Crippen LogP contribution in [0.1, 0.15) is 30.5 Å². The SMILES string of the molecule is COc1ccc(OC)c([C@H](C)NC(=O)CN2CC=C(c3ccccc3)CC2)c1. The number of benzene rings is 2. The molecule has 5 nitrogen and oxygen atoms in total. The minimum absolute atomic E-state index is 0.00827. The lowest BCUT2D eigenvalue weighted by Gasteiger charge is -2.27. The van der Waals surface area contributed by atoms with Crippen LogP contribution in [0.3, 0.4) is 0 Å². The quantitative estimate of drug-likeness (QED) is 0.796. The monoisotopic (exact) mass is 380 g/mol. The van der Waals surface area contributed by atoms with E-state index in [0.717, 1.165) is 36.6 Å². The summed E-state index contributed by atoms with van der Waals surface area (Å²) in [6, 6.07) is 15.9. The van der Waals surface area contributed by atoms with E-state index in [0.29, 0.717) is 6.54 Å². The molecule has 0 bridgehead atoms. The van der Waals surface area contributed by atoms with Gasteiger partial charge in [-0.15, -0.1) is 0 Å². The molecular weight excluding hydrogens is 352 g/mol. The predicted molar refractivity (Wildman–Crippen MR) is 112 cm³/mol. The van der Waals surface area contributed by atoms with Crippen molar-refractivity contribution in [2.75, 3.05) is 33.9 Å². The Labute approximate surface area is 167 Å². The average molecular weight is 380 g/mol. The van der Waals surface area contributed by atoms with E-state index in [1.807, 2.05) is 31.2 Å². The van der Waals surface area contributed by atoms with Gasteiger partial charge in [0.2, 0.25) is 5.91 Å². The first kappa shape index (κ1) is 20.0. The van der Waals surface area contributed by atoms with Crippen LogP contribution in [0.15, 0.2) is 54.6 Å². The van der Waals surface area contributed by atoms with E-state index in [1.54, 1.807) is 14.2 Å². The Kier molecular flexibility index (Phi) is 6.71. The molecule has 0 fully saturated rings. The number of nitrogens with one attached hydrogen (secondary N) is 1. The summed E-state index contributed by atoms with van der Waals surface area (Å²) in [5.41, 5.74) is 3.53. The molecule has 0 aromatic heterocycles. The third-order valence-electron chi connectivity index (χ3n) is 5.09. The summed E-state index contributed by atoms with van der Waals surface area (Å²) >= 11 is 0. The number of nitrogens with zero attached hydrogens (tertiary/aromatic N) is 1. The van der Waals surface area contributed by atoms with Crippen LogP contribution in [0, 0.1) is 0 Å². The lowest BCUT2D eigenvalue weighted by atomic mass is 9.99. The van der Waals surface area contributed by atoms with E-state index >= 15 is 0 Å². The molecule has 3 rings (SSSR count). The van der Waals surface area contributed by atoms with Crippen molar-refractivity contribution in [3.8, 4) is 11.5 Å². The normalized spacial score (nSPS) is 15.5. The summed E-state index contributed by atoms with van der Waals surface area (Å²) in [5, 5.41) is 3.08. The second-order valence-electron chi connectivity index (χ2n) is 6.98. The Bertz CT molecular complexity index is 833. The van der Waals surface area contributed by atoms with Gasteiger partial charge >= 0.3 is 0 Å². The van der Waals surface area contributed by atoms with Crippen LogP contribution in [0.5, 0.6) is 11.5 Å². The molecule has 5 heteroatoms. The lowest BCUT2D eigenvalue weighted by Crippen LogP contribution is -2.40. The van der Waals surface area contributed by atoms with Gasteiger partial charge in [0.25, 0.3) is 0 Å². The number of methoxy groups -OCH3 is 2. The third-order valence-corrected chi connectivity index (χ3v) is 5.09. The van der Waals surface area contributed by atoms with E-state index in [1.165, 1.54) is 11.1 Å². The van der Waals surface area contributed by atoms with Crippen LogP contribution in [0.2, 0.25) is 0 Å². The van der Waals surface area contributed by atoms with E-state index in [2.05, 4.69) is 40.6 Å². The second kappa shape index (κ2) is 9.42. The Morgan fingerprint density at radius 2 is 1.93 bits per heavy atom. The lowest BCUT2D eigenvalue weighted by molar-refractivity contribution is -0.122. The summed E-state index contributed by atoms with van der Waals surface area (Å²) in [4.78, 5) is 14.7. The van der Waals surface area contributed by atoms with Crippen molar-refractivity contribution in [3.05, 3.63) is 65.7 Å². The van der Waals surface area contributed by atoms with Gasteiger partial charge in [-0.1, -0.05) is 36.4 Å².